The smallest absolute Gasteiger partial charge is 0.0888 e. The first kappa shape index (κ1) is 13.3. The van der Waals surface area contributed by atoms with E-state index >= 15 is 0 Å². The van der Waals surface area contributed by atoms with Gasteiger partial charge in [-0.15, -0.1) is 0 Å². The second-order valence-corrected chi connectivity index (χ2v) is 4.78. The fourth-order valence-corrected chi connectivity index (χ4v) is 2.15. The number of aromatic nitrogens is 2. The van der Waals surface area contributed by atoms with Gasteiger partial charge in [0.25, 0.3) is 0 Å². The predicted octanol–water partition coefficient (Wildman–Crippen LogP) is 4.40. The van der Waals surface area contributed by atoms with E-state index in [1.807, 2.05) is 48.7 Å². The molecule has 0 amide bonds. The Morgan fingerprint density at radius 1 is 0.762 bits per heavy atom. The minimum atomic E-state index is 0.886. The number of hydrogen-bond acceptors (Lipinski definition) is 2. The molecule has 0 aliphatic carbocycles. The average Bonchev–Trinajstić information content (AvgIpc) is 2.57. The Morgan fingerprint density at radius 2 is 1.57 bits per heavy atom. The predicted molar refractivity (Wildman–Crippen MR) is 86.6 cm³/mol. The van der Waals surface area contributed by atoms with Crippen molar-refractivity contribution >= 4 is 6.08 Å². The summed E-state index contributed by atoms with van der Waals surface area (Å²) in [6, 6.07) is 20.3. The van der Waals surface area contributed by atoms with Gasteiger partial charge in [0.2, 0.25) is 0 Å². The third-order valence-corrected chi connectivity index (χ3v) is 3.22. The lowest BCUT2D eigenvalue weighted by Crippen LogP contribution is -1.89. The zero-order valence-electron chi connectivity index (χ0n) is 11.7. The van der Waals surface area contributed by atoms with Gasteiger partial charge in [-0.2, -0.15) is 0 Å². The summed E-state index contributed by atoms with van der Waals surface area (Å²) in [6.45, 7) is 0. The van der Waals surface area contributed by atoms with Gasteiger partial charge in [0.05, 0.1) is 11.4 Å². The summed E-state index contributed by atoms with van der Waals surface area (Å²) in [4.78, 5) is 8.73. The first-order valence-corrected chi connectivity index (χ1v) is 7.00. The molecule has 1 aromatic carbocycles. The molecule has 102 valence electrons. The maximum absolute atomic E-state index is 4.39. The minimum absolute atomic E-state index is 0.886. The van der Waals surface area contributed by atoms with E-state index in [0.29, 0.717) is 0 Å². The van der Waals surface area contributed by atoms with E-state index in [9.17, 15) is 0 Å². The zero-order chi connectivity index (χ0) is 14.3. The van der Waals surface area contributed by atoms with Gasteiger partial charge < -0.3 is 0 Å². The van der Waals surface area contributed by atoms with Crippen LogP contribution in [0, 0.1) is 0 Å². The fourth-order valence-electron chi connectivity index (χ4n) is 2.15. The number of hydrogen-bond donors (Lipinski definition) is 0. The lowest BCUT2D eigenvalue weighted by molar-refractivity contribution is 1.19. The first-order chi connectivity index (χ1) is 10.4. The van der Waals surface area contributed by atoms with Crippen LogP contribution in [0.2, 0.25) is 0 Å². The molecule has 0 fully saturated rings. The Balaban J connectivity index is 1.74. The Morgan fingerprint density at radius 3 is 2.38 bits per heavy atom. The minimum Gasteiger partial charge on any atom is -0.255 e. The van der Waals surface area contributed by atoms with Crippen molar-refractivity contribution in [3.63, 3.8) is 0 Å². The molecular formula is C19H16N2. The van der Waals surface area contributed by atoms with Crippen LogP contribution in [0.3, 0.4) is 0 Å². The molecule has 0 aliphatic heterocycles. The number of pyridine rings is 2. The highest BCUT2D eigenvalue weighted by molar-refractivity contribution is 5.55. The summed E-state index contributed by atoms with van der Waals surface area (Å²) >= 11 is 0. The standard InChI is InChI=1S/C19H16N2/c1-2-7-16(8-3-1)9-6-10-17-12-14-21-19(15-17)18-11-4-5-13-20-18/h1-9,11-15H,10H2/b9-6+. The van der Waals surface area contributed by atoms with Crippen molar-refractivity contribution in [2.75, 3.05) is 0 Å². The highest BCUT2D eigenvalue weighted by Gasteiger charge is 2.00. The van der Waals surface area contributed by atoms with Crippen LogP contribution < -0.4 is 0 Å². The third kappa shape index (κ3) is 3.63. The van der Waals surface area contributed by atoms with Crippen LogP contribution >= 0.6 is 0 Å². The van der Waals surface area contributed by atoms with Crippen molar-refractivity contribution < 1.29 is 0 Å². The van der Waals surface area contributed by atoms with Crippen LogP contribution in [0.4, 0.5) is 0 Å². The Labute approximate surface area is 124 Å². The average molecular weight is 272 g/mol. The van der Waals surface area contributed by atoms with Crippen LogP contribution in [0.25, 0.3) is 17.5 Å². The van der Waals surface area contributed by atoms with E-state index in [4.69, 9.17) is 0 Å². The van der Waals surface area contributed by atoms with Crippen LogP contribution in [0.5, 0.6) is 0 Å². The largest absolute Gasteiger partial charge is 0.255 e. The van der Waals surface area contributed by atoms with Crippen molar-refractivity contribution in [1.82, 2.24) is 9.97 Å². The Kier molecular flexibility index (Phi) is 4.18. The van der Waals surface area contributed by atoms with E-state index in [2.05, 4.69) is 40.3 Å². The molecular weight excluding hydrogens is 256 g/mol. The van der Waals surface area contributed by atoms with Gasteiger partial charge in [0.15, 0.2) is 0 Å². The molecule has 2 heteroatoms. The molecule has 0 aliphatic rings. The van der Waals surface area contributed by atoms with Gasteiger partial charge in [0.1, 0.15) is 0 Å². The summed E-state index contributed by atoms with van der Waals surface area (Å²) in [6.07, 6.45) is 8.83. The molecule has 2 heterocycles. The van der Waals surface area contributed by atoms with E-state index < -0.39 is 0 Å². The Bertz CT molecular complexity index is 719. The fraction of sp³-hybridized carbons (Fsp3) is 0.0526. The molecule has 0 atom stereocenters. The molecule has 0 unspecified atom stereocenters. The molecule has 0 radical (unpaired) electrons. The molecule has 0 bridgehead atoms. The molecule has 0 saturated heterocycles. The van der Waals surface area contributed by atoms with Crippen LogP contribution in [-0.4, -0.2) is 9.97 Å². The highest BCUT2D eigenvalue weighted by atomic mass is 14.8. The Hall–Kier alpha value is -2.74. The van der Waals surface area contributed by atoms with E-state index in [1.54, 1.807) is 6.20 Å². The maximum Gasteiger partial charge on any atom is 0.0888 e. The van der Waals surface area contributed by atoms with Gasteiger partial charge in [0, 0.05) is 12.4 Å². The van der Waals surface area contributed by atoms with Crippen molar-refractivity contribution in [2.45, 2.75) is 6.42 Å². The number of nitrogens with zero attached hydrogens (tertiary/aromatic N) is 2. The molecule has 2 nitrogen and oxygen atoms in total. The zero-order valence-corrected chi connectivity index (χ0v) is 11.7. The van der Waals surface area contributed by atoms with E-state index in [1.165, 1.54) is 11.1 Å². The molecule has 21 heavy (non-hydrogen) atoms. The van der Waals surface area contributed by atoms with Crippen molar-refractivity contribution in [1.29, 1.82) is 0 Å². The number of rotatable bonds is 4. The number of benzene rings is 1. The summed E-state index contributed by atoms with van der Waals surface area (Å²) in [7, 11) is 0. The van der Waals surface area contributed by atoms with Crippen LogP contribution in [0.1, 0.15) is 11.1 Å². The van der Waals surface area contributed by atoms with E-state index in [0.717, 1.165) is 17.8 Å². The molecule has 0 spiro atoms. The monoisotopic (exact) mass is 272 g/mol. The van der Waals surface area contributed by atoms with Gasteiger partial charge in [-0.25, -0.2) is 0 Å². The molecule has 3 rings (SSSR count). The molecule has 2 aromatic heterocycles. The van der Waals surface area contributed by atoms with Gasteiger partial charge in [-0.05, 0) is 41.8 Å². The summed E-state index contributed by atoms with van der Waals surface area (Å²) < 4.78 is 0. The highest BCUT2D eigenvalue weighted by Crippen LogP contribution is 2.15. The normalized spacial score (nSPS) is 10.9. The van der Waals surface area contributed by atoms with Gasteiger partial charge in [-0.1, -0.05) is 48.6 Å². The van der Waals surface area contributed by atoms with E-state index in [-0.39, 0.29) is 0 Å². The first-order valence-electron chi connectivity index (χ1n) is 7.00. The van der Waals surface area contributed by atoms with Gasteiger partial charge >= 0.3 is 0 Å². The summed E-state index contributed by atoms with van der Waals surface area (Å²) in [5, 5.41) is 0. The lowest BCUT2D eigenvalue weighted by Gasteiger charge is -2.02. The second kappa shape index (κ2) is 6.62. The van der Waals surface area contributed by atoms with Crippen molar-refractivity contribution in [3.05, 3.63) is 90.3 Å². The molecule has 0 N–H and O–H groups in total. The van der Waals surface area contributed by atoms with Gasteiger partial charge in [-0.3, -0.25) is 9.97 Å². The maximum atomic E-state index is 4.39. The molecule has 3 aromatic rings. The van der Waals surface area contributed by atoms with Crippen LogP contribution in [0.15, 0.2) is 79.1 Å². The summed E-state index contributed by atoms with van der Waals surface area (Å²) in [5.74, 6) is 0. The SMILES string of the molecule is C(=C\c1ccccc1)/Cc1ccnc(-c2ccccn2)c1. The third-order valence-electron chi connectivity index (χ3n) is 3.22. The van der Waals surface area contributed by atoms with Crippen molar-refractivity contribution in [2.24, 2.45) is 0 Å². The summed E-state index contributed by atoms with van der Waals surface area (Å²) in [5.41, 5.74) is 4.28. The lowest BCUT2D eigenvalue weighted by atomic mass is 10.1. The topological polar surface area (TPSA) is 25.8 Å². The van der Waals surface area contributed by atoms with Crippen molar-refractivity contribution in [3.8, 4) is 11.4 Å². The van der Waals surface area contributed by atoms with Crippen LogP contribution in [-0.2, 0) is 6.42 Å². The molecule has 0 saturated carbocycles. The second-order valence-electron chi connectivity index (χ2n) is 4.78. The number of allylic oxidation sites excluding steroid dienone is 1. The quantitative estimate of drug-likeness (QED) is 0.703.